The molecule has 3 rings (SSSR count). The van der Waals surface area contributed by atoms with Crippen LogP contribution < -0.4 is 16.2 Å². The number of ether oxygens (including phenoxy) is 1. The van der Waals surface area contributed by atoms with Gasteiger partial charge in [0.25, 0.3) is 0 Å². The van der Waals surface area contributed by atoms with E-state index < -0.39 is 0 Å². The molecule has 0 saturated carbocycles. The zero-order valence-electron chi connectivity index (χ0n) is 16.6. The normalized spacial score (nSPS) is 11.4. The van der Waals surface area contributed by atoms with Gasteiger partial charge in [-0.3, -0.25) is 0 Å². The van der Waals surface area contributed by atoms with Crippen LogP contribution in [0.3, 0.4) is 0 Å². The lowest BCUT2D eigenvalue weighted by molar-refractivity contribution is 0.416. The van der Waals surface area contributed by atoms with Crippen molar-refractivity contribution < 1.29 is 4.74 Å². The Hall–Kier alpha value is -3.52. The van der Waals surface area contributed by atoms with E-state index in [1.54, 1.807) is 7.11 Å². The Bertz CT molecular complexity index is 1060. The Morgan fingerprint density at radius 1 is 1.00 bits per heavy atom. The molecule has 4 N–H and O–H groups in total. The SMILES string of the molecule is COc1cc([C@H](C)C#Cc2c(C)nc(N)nc2N)ccc1-c1ccccc1C. The molecule has 0 fully saturated rings. The predicted molar refractivity (Wildman–Crippen MR) is 114 cm³/mol. The fraction of sp³-hybridized carbons (Fsp3) is 0.217. The summed E-state index contributed by atoms with van der Waals surface area (Å²) in [4.78, 5) is 8.12. The Morgan fingerprint density at radius 2 is 1.75 bits per heavy atom. The van der Waals surface area contributed by atoms with E-state index >= 15 is 0 Å². The highest BCUT2D eigenvalue weighted by Gasteiger charge is 2.12. The van der Waals surface area contributed by atoms with Crippen molar-refractivity contribution in [2.24, 2.45) is 0 Å². The van der Waals surface area contributed by atoms with Crippen LogP contribution in [0.15, 0.2) is 42.5 Å². The van der Waals surface area contributed by atoms with Crippen LogP contribution in [-0.2, 0) is 0 Å². The van der Waals surface area contributed by atoms with Gasteiger partial charge in [0, 0.05) is 11.5 Å². The summed E-state index contributed by atoms with van der Waals surface area (Å²) in [5, 5.41) is 0. The molecule has 0 saturated heterocycles. The molecule has 0 aliphatic heterocycles. The number of hydrogen-bond acceptors (Lipinski definition) is 5. The number of nitrogen functional groups attached to an aromatic ring is 2. The van der Waals surface area contributed by atoms with Crippen molar-refractivity contribution in [3.05, 3.63) is 64.8 Å². The monoisotopic (exact) mass is 372 g/mol. The standard InChI is InChI=1S/C23H24N4O/c1-14(9-11-19-16(3)26-23(25)27-22(19)24)17-10-12-20(21(13-17)28-4)18-8-6-5-7-15(18)2/h5-8,10,12-14H,1-4H3,(H4,24,25,26,27)/t14-/m1/s1. The summed E-state index contributed by atoms with van der Waals surface area (Å²) in [5.74, 6) is 7.60. The number of nitrogens with zero attached hydrogens (tertiary/aromatic N) is 2. The van der Waals surface area contributed by atoms with Crippen LogP contribution in [0.1, 0.15) is 35.2 Å². The minimum Gasteiger partial charge on any atom is -0.496 e. The predicted octanol–water partition coefficient (Wildman–Crippen LogP) is 4.09. The molecule has 0 aliphatic carbocycles. The first-order chi connectivity index (χ1) is 13.4. The number of benzene rings is 2. The maximum absolute atomic E-state index is 5.94. The van der Waals surface area contributed by atoms with E-state index in [2.05, 4.69) is 53.0 Å². The van der Waals surface area contributed by atoms with Crippen LogP contribution in [0, 0.1) is 25.7 Å². The van der Waals surface area contributed by atoms with Crippen molar-refractivity contribution in [1.82, 2.24) is 9.97 Å². The maximum atomic E-state index is 5.94. The first kappa shape index (κ1) is 19.2. The van der Waals surface area contributed by atoms with Crippen LogP contribution in [0.5, 0.6) is 5.75 Å². The zero-order valence-corrected chi connectivity index (χ0v) is 16.6. The van der Waals surface area contributed by atoms with Gasteiger partial charge in [0.15, 0.2) is 0 Å². The van der Waals surface area contributed by atoms with Crippen LogP contribution in [0.2, 0.25) is 0 Å². The molecule has 1 aromatic heterocycles. The molecular weight excluding hydrogens is 348 g/mol. The van der Waals surface area contributed by atoms with Crippen LogP contribution in [0.25, 0.3) is 11.1 Å². The summed E-state index contributed by atoms with van der Waals surface area (Å²) in [6, 6.07) is 14.5. The fourth-order valence-corrected chi connectivity index (χ4v) is 3.11. The minimum absolute atomic E-state index is 0.0174. The van der Waals surface area contributed by atoms with Crippen molar-refractivity contribution in [2.45, 2.75) is 26.7 Å². The molecular formula is C23H24N4O. The summed E-state index contributed by atoms with van der Waals surface area (Å²) < 4.78 is 5.66. The third-order valence-corrected chi connectivity index (χ3v) is 4.71. The summed E-state index contributed by atoms with van der Waals surface area (Å²) in [7, 11) is 1.69. The second-order valence-electron chi connectivity index (χ2n) is 6.69. The van der Waals surface area contributed by atoms with Gasteiger partial charge in [-0.2, -0.15) is 4.98 Å². The third-order valence-electron chi connectivity index (χ3n) is 4.71. The quantitative estimate of drug-likeness (QED) is 0.676. The number of anilines is 2. The van der Waals surface area contributed by atoms with E-state index in [1.165, 1.54) is 5.56 Å². The van der Waals surface area contributed by atoms with Gasteiger partial charge in [-0.1, -0.05) is 48.2 Å². The number of aryl methyl sites for hydroxylation is 2. The molecule has 0 amide bonds. The van der Waals surface area contributed by atoms with Gasteiger partial charge >= 0.3 is 0 Å². The molecule has 28 heavy (non-hydrogen) atoms. The van der Waals surface area contributed by atoms with Gasteiger partial charge in [-0.05, 0) is 43.5 Å². The minimum atomic E-state index is -0.0174. The number of hydrogen-bond donors (Lipinski definition) is 2. The Balaban J connectivity index is 1.95. The number of rotatable bonds is 3. The molecule has 0 aliphatic rings. The van der Waals surface area contributed by atoms with E-state index in [0.717, 1.165) is 22.4 Å². The van der Waals surface area contributed by atoms with E-state index in [-0.39, 0.29) is 11.9 Å². The average molecular weight is 372 g/mol. The van der Waals surface area contributed by atoms with E-state index in [0.29, 0.717) is 17.1 Å². The summed E-state index contributed by atoms with van der Waals surface area (Å²) in [6.07, 6.45) is 0. The molecule has 1 heterocycles. The second kappa shape index (κ2) is 8.01. The summed E-state index contributed by atoms with van der Waals surface area (Å²) >= 11 is 0. The van der Waals surface area contributed by atoms with E-state index in [9.17, 15) is 0 Å². The largest absolute Gasteiger partial charge is 0.496 e. The molecule has 0 radical (unpaired) electrons. The lowest BCUT2D eigenvalue weighted by Crippen LogP contribution is -2.05. The first-order valence-electron chi connectivity index (χ1n) is 9.05. The topological polar surface area (TPSA) is 87.0 Å². The lowest BCUT2D eigenvalue weighted by atomic mass is 9.94. The molecule has 142 valence electrons. The van der Waals surface area contributed by atoms with Crippen molar-refractivity contribution in [1.29, 1.82) is 0 Å². The molecule has 1 atom stereocenters. The van der Waals surface area contributed by atoms with Crippen LogP contribution in [0.4, 0.5) is 11.8 Å². The molecule has 5 nitrogen and oxygen atoms in total. The molecule has 2 aromatic carbocycles. The average Bonchev–Trinajstić information content (AvgIpc) is 2.67. The maximum Gasteiger partial charge on any atom is 0.222 e. The molecule has 3 aromatic rings. The van der Waals surface area contributed by atoms with Gasteiger partial charge in [0.1, 0.15) is 11.6 Å². The van der Waals surface area contributed by atoms with Gasteiger partial charge in [-0.15, -0.1) is 0 Å². The Morgan fingerprint density at radius 3 is 2.43 bits per heavy atom. The number of aromatic nitrogens is 2. The Kier molecular flexibility index (Phi) is 5.51. The molecule has 0 unspecified atom stereocenters. The second-order valence-corrected chi connectivity index (χ2v) is 6.69. The highest BCUT2D eigenvalue weighted by atomic mass is 16.5. The van der Waals surface area contributed by atoms with Crippen molar-refractivity contribution in [3.8, 4) is 28.7 Å². The van der Waals surface area contributed by atoms with Gasteiger partial charge < -0.3 is 16.2 Å². The smallest absolute Gasteiger partial charge is 0.222 e. The summed E-state index contributed by atoms with van der Waals surface area (Å²) in [6.45, 7) is 5.96. The molecule has 0 bridgehead atoms. The molecule has 0 spiro atoms. The summed E-state index contributed by atoms with van der Waals surface area (Å²) in [5.41, 5.74) is 17.3. The highest BCUT2D eigenvalue weighted by Crippen LogP contribution is 2.34. The number of methoxy groups -OCH3 is 1. The van der Waals surface area contributed by atoms with E-state index in [1.807, 2.05) is 32.0 Å². The number of nitrogens with two attached hydrogens (primary N) is 2. The lowest BCUT2D eigenvalue weighted by Gasteiger charge is -2.14. The zero-order chi connectivity index (χ0) is 20.3. The van der Waals surface area contributed by atoms with Crippen molar-refractivity contribution in [2.75, 3.05) is 18.6 Å². The Labute approximate surface area is 165 Å². The van der Waals surface area contributed by atoms with E-state index in [4.69, 9.17) is 16.2 Å². The first-order valence-corrected chi connectivity index (χ1v) is 9.05. The highest BCUT2D eigenvalue weighted by molar-refractivity contribution is 5.74. The van der Waals surface area contributed by atoms with Crippen molar-refractivity contribution >= 4 is 11.8 Å². The third kappa shape index (κ3) is 3.91. The van der Waals surface area contributed by atoms with Crippen LogP contribution >= 0.6 is 0 Å². The fourth-order valence-electron chi connectivity index (χ4n) is 3.11. The molecule has 5 heteroatoms. The van der Waals surface area contributed by atoms with Gasteiger partial charge in [0.2, 0.25) is 5.95 Å². The van der Waals surface area contributed by atoms with Crippen LogP contribution in [-0.4, -0.2) is 17.1 Å². The van der Waals surface area contributed by atoms with Gasteiger partial charge in [-0.25, -0.2) is 4.98 Å². The van der Waals surface area contributed by atoms with Gasteiger partial charge in [0.05, 0.1) is 18.4 Å². The van der Waals surface area contributed by atoms with Crippen molar-refractivity contribution in [3.63, 3.8) is 0 Å².